The lowest BCUT2D eigenvalue weighted by Crippen LogP contribution is -2.12. The number of carbonyl (C=O) groups excluding carboxylic acids is 2. The molecule has 0 aliphatic rings. The molecule has 3 N–H and O–H groups in total. The monoisotopic (exact) mass is 392 g/mol. The van der Waals surface area contributed by atoms with Crippen LogP contribution in [-0.2, 0) is 11.2 Å². The normalized spacial score (nSPS) is 11.1. The summed E-state index contributed by atoms with van der Waals surface area (Å²) >= 11 is 3.97. The third-order valence-electron chi connectivity index (χ3n) is 3.54. The van der Waals surface area contributed by atoms with Crippen LogP contribution in [0.2, 0.25) is 0 Å². The fraction of sp³-hybridized carbons (Fsp3) is 0.250. The number of hydrogen-bond donors (Lipinski definition) is 2. The highest BCUT2D eigenvalue weighted by Gasteiger charge is 2.15. The fourth-order valence-corrected chi connectivity index (χ4v) is 5.04. The molecule has 3 aromatic rings. The van der Waals surface area contributed by atoms with Crippen molar-refractivity contribution in [2.24, 2.45) is 5.73 Å². The zero-order valence-corrected chi connectivity index (χ0v) is 15.9. The van der Waals surface area contributed by atoms with Crippen molar-refractivity contribution < 1.29 is 9.59 Å². The van der Waals surface area contributed by atoms with Crippen molar-refractivity contribution in [3.63, 3.8) is 0 Å². The van der Waals surface area contributed by atoms with E-state index in [1.165, 1.54) is 40.4 Å². The first kappa shape index (κ1) is 18.0. The van der Waals surface area contributed by atoms with Gasteiger partial charge in [0.2, 0.25) is 5.91 Å². The van der Waals surface area contributed by atoms with Gasteiger partial charge in [0.1, 0.15) is 0 Å². The summed E-state index contributed by atoms with van der Waals surface area (Å²) in [5.41, 5.74) is 8.04. The maximum atomic E-state index is 12.6. The van der Waals surface area contributed by atoms with Gasteiger partial charge >= 0.3 is 0 Å². The smallest absolute Gasteiger partial charge is 0.227 e. The molecule has 1 amide bonds. The molecular formula is C16H16N4O2S3. The standard InChI is InChI=1S/C16H16N4O2S3/c1-2-9-4-3-5-10-11(6-18-14(9)10)12(21)7-23-15-19-20-16(25-15)24-8-13(17)22/h3-6,18H,2,7-8H2,1H3,(H2,17,22). The molecule has 1 aromatic carbocycles. The highest BCUT2D eigenvalue weighted by Crippen LogP contribution is 2.30. The number of nitrogens with two attached hydrogens (primary N) is 1. The average Bonchev–Trinajstić information content (AvgIpc) is 3.24. The summed E-state index contributed by atoms with van der Waals surface area (Å²) in [4.78, 5) is 26.6. The Kier molecular flexibility index (Phi) is 5.77. The van der Waals surface area contributed by atoms with Crippen molar-refractivity contribution >= 4 is 57.5 Å². The van der Waals surface area contributed by atoms with E-state index >= 15 is 0 Å². The van der Waals surface area contributed by atoms with Gasteiger partial charge in [-0.25, -0.2) is 0 Å². The molecule has 2 heterocycles. The second kappa shape index (κ2) is 8.03. The van der Waals surface area contributed by atoms with Crippen LogP contribution in [0.5, 0.6) is 0 Å². The predicted octanol–water partition coefficient (Wildman–Crippen LogP) is 3.13. The van der Waals surface area contributed by atoms with Crippen molar-refractivity contribution in [3.05, 3.63) is 35.5 Å². The van der Waals surface area contributed by atoms with E-state index in [0.717, 1.165) is 17.3 Å². The number of primary amides is 1. The van der Waals surface area contributed by atoms with Crippen molar-refractivity contribution in [2.75, 3.05) is 11.5 Å². The summed E-state index contributed by atoms with van der Waals surface area (Å²) in [7, 11) is 0. The Morgan fingerprint density at radius 2 is 1.92 bits per heavy atom. The van der Waals surface area contributed by atoms with Crippen molar-refractivity contribution in [1.29, 1.82) is 0 Å². The molecule has 0 unspecified atom stereocenters. The van der Waals surface area contributed by atoms with Gasteiger partial charge in [-0.2, -0.15) is 0 Å². The second-order valence-corrected chi connectivity index (χ2v) is 8.62. The van der Waals surface area contributed by atoms with Gasteiger partial charge in [-0.15, -0.1) is 10.2 Å². The lowest BCUT2D eigenvalue weighted by molar-refractivity contribution is -0.115. The first-order chi connectivity index (χ1) is 12.1. The van der Waals surface area contributed by atoms with E-state index < -0.39 is 5.91 Å². The SMILES string of the molecule is CCc1cccc2c(C(=O)CSc3nnc(SCC(N)=O)s3)c[nH]c12. The lowest BCUT2D eigenvalue weighted by atomic mass is 10.1. The van der Waals surface area contributed by atoms with E-state index in [-0.39, 0.29) is 11.5 Å². The summed E-state index contributed by atoms with van der Waals surface area (Å²) in [6.45, 7) is 2.09. The number of fused-ring (bicyclic) bond motifs is 1. The van der Waals surface area contributed by atoms with Crippen LogP contribution >= 0.6 is 34.9 Å². The summed E-state index contributed by atoms with van der Waals surface area (Å²) in [6, 6.07) is 6.01. The first-order valence-electron chi connectivity index (χ1n) is 7.58. The molecule has 6 nitrogen and oxygen atoms in total. The molecule has 0 spiro atoms. The number of nitrogens with one attached hydrogen (secondary N) is 1. The lowest BCUT2D eigenvalue weighted by Gasteiger charge is -2.00. The molecule has 0 bridgehead atoms. The van der Waals surface area contributed by atoms with Gasteiger partial charge in [0.05, 0.1) is 11.5 Å². The van der Waals surface area contributed by atoms with E-state index in [4.69, 9.17) is 5.73 Å². The maximum Gasteiger partial charge on any atom is 0.227 e. The Labute approximate surface area is 157 Å². The van der Waals surface area contributed by atoms with Gasteiger partial charge in [-0.1, -0.05) is 60.0 Å². The molecule has 0 atom stereocenters. The van der Waals surface area contributed by atoms with E-state index in [0.29, 0.717) is 20.0 Å². The van der Waals surface area contributed by atoms with Gasteiger partial charge in [-0.05, 0) is 12.0 Å². The number of aryl methyl sites for hydroxylation is 1. The molecule has 25 heavy (non-hydrogen) atoms. The van der Waals surface area contributed by atoms with Crippen molar-refractivity contribution in [2.45, 2.75) is 22.0 Å². The Balaban J connectivity index is 1.66. The third-order valence-corrected chi connectivity index (χ3v) is 6.75. The Hall–Kier alpha value is -1.84. The number of H-pyrrole nitrogens is 1. The van der Waals surface area contributed by atoms with E-state index in [9.17, 15) is 9.59 Å². The number of Topliss-reactive ketones (excluding diaryl/α,β-unsaturated/α-hetero) is 1. The second-order valence-electron chi connectivity index (χ2n) is 5.20. The van der Waals surface area contributed by atoms with Gasteiger partial charge in [0.15, 0.2) is 14.5 Å². The minimum Gasteiger partial charge on any atom is -0.369 e. The van der Waals surface area contributed by atoms with Gasteiger partial charge < -0.3 is 10.7 Å². The Bertz CT molecular complexity index is 919. The zero-order valence-electron chi connectivity index (χ0n) is 13.4. The third kappa shape index (κ3) is 4.23. The minimum atomic E-state index is -0.393. The predicted molar refractivity (Wildman–Crippen MR) is 103 cm³/mol. The summed E-state index contributed by atoms with van der Waals surface area (Å²) in [5.74, 6) is 0.118. The largest absolute Gasteiger partial charge is 0.369 e. The molecule has 0 aliphatic carbocycles. The molecule has 0 radical (unpaired) electrons. The van der Waals surface area contributed by atoms with Gasteiger partial charge in [0, 0.05) is 22.7 Å². The van der Waals surface area contributed by atoms with Crippen LogP contribution in [0, 0.1) is 0 Å². The van der Waals surface area contributed by atoms with Crippen LogP contribution in [0.3, 0.4) is 0 Å². The number of rotatable bonds is 8. The highest BCUT2D eigenvalue weighted by atomic mass is 32.2. The number of aromatic nitrogens is 3. The molecule has 2 aromatic heterocycles. The fourth-order valence-electron chi connectivity index (χ4n) is 2.39. The van der Waals surface area contributed by atoms with Crippen LogP contribution in [-0.4, -0.2) is 38.4 Å². The van der Waals surface area contributed by atoms with Crippen LogP contribution in [0.25, 0.3) is 10.9 Å². The van der Waals surface area contributed by atoms with E-state index in [1.54, 1.807) is 6.20 Å². The molecule has 0 aliphatic heterocycles. The number of thioether (sulfide) groups is 2. The number of amides is 1. The van der Waals surface area contributed by atoms with Crippen molar-refractivity contribution in [1.82, 2.24) is 15.2 Å². The Morgan fingerprint density at radius 3 is 2.60 bits per heavy atom. The zero-order chi connectivity index (χ0) is 17.8. The number of aromatic amines is 1. The van der Waals surface area contributed by atoms with E-state index in [1.807, 2.05) is 12.1 Å². The van der Waals surface area contributed by atoms with Crippen LogP contribution in [0.15, 0.2) is 33.1 Å². The van der Waals surface area contributed by atoms with Crippen LogP contribution in [0.1, 0.15) is 22.8 Å². The van der Waals surface area contributed by atoms with E-state index in [2.05, 4.69) is 28.2 Å². The van der Waals surface area contributed by atoms with Gasteiger partial charge in [0.25, 0.3) is 0 Å². The Morgan fingerprint density at radius 1 is 1.20 bits per heavy atom. The molecule has 0 saturated heterocycles. The number of carbonyl (C=O) groups is 2. The van der Waals surface area contributed by atoms with Gasteiger partial charge in [-0.3, -0.25) is 9.59 Å². The van der Waals surface area contributed by atoms with Crippen molar-refractivity contribution in [3.8, 4) is 0 Å². The molecule has 130 valence electrons. The summed E-state index contributed by atoms with van der Waals surface area (Å²) in [6.07, 6.45) is 2.69. The maximum absolute atomic E-state index is 12.6. The molecule has 0 saturated carbocycles. The number of para-hydroxylation sites is 1. The van der Waals surface area contributed by atoms with Crippen LogP contribution in [0.4, 0.5) is 0 Å². The number of ketones is 1. The van der Waals surface area contributed by atoms with Crippen LogP contribution < -0.4 is 5.73 Å². The number of nitrogens with zero attached hydrogens (tertiary/aromatic N) is 2. The topological polar surface area (TPSA) is 102 Å². The molecule has 3 rings (SSSR count). The number of hydrogen-bond acceptors (Lipinski definition) is 7. The quantitative estimate of drug-likeness (QED) is 0.451. The molecule has 0 fully saturated rings. The number of benzene rings is 1. The average molecular weight is 393 g/mol. The minimum absolute atomic E-state index is 0.0473. The molecular weight excluding hydrogens is 376 g/mol. The first-order valence-corrected chi connectivity index (χ1v) is 10.4. The highest BCUT2D eigenvalue weighted by molar-refractivity contribution is 8.03. The molecule has 9 heteroatoms. The summed E-state index contributed by atoms with van der Waals surface area (Å²) in [5, 5.41) is 8.98. The summed E-state index contributed by atoms with van der Waals surface area (Å²) < 4.78 is 1.38.